The van der Waals surface area contributed by atoms with E-state index in [0.717, 1.165) is 33.5 Å². The largest absolute Gasteiger partial charge is 0.497 e. The lowest BCUT2D eigenvalue weighted by molar-refractivity contribution is 0.0522. The van der Waals surface area contributed by atoms with E-state index in [9.17, 15) is 4.79 Å². The van der Waals surface area contributed by atoms with Crippen LogP contribution in [0.15, 0.2) is 59.6 Å². The van der Waals surface area contributed by atoms with E-state index < -0.39 is 5.97 Å². The number of pyridine rings is 1. The Labute approximate surface area is 185 Å². The Morgan fingerprint density at radius 3 is 2.39 bits per heavy atom. The molecule has 0 fully saturated rings. The number of benzene rings is 2. The second-order valence-electron chi connectivity index (χ2n) is 6.86. The number of esters is 1. The molecule has 0 atom stereocenters. The Kier molecular flexibility index (Phi) is 5.95. The van der Waals surface area contributed by atoms with Crippen LogP contribution in [-0.2, 0) is 11.8 Å². The Hall–Kier alpha value is -3.32. The maximum Gasteiger partial charge on any atom is 0.341 e. The molecule has 0 saturated carbocycles. The Balaban J connectivity index is 2.14. The molecule has 0 amide bonds. The van der Waals surface area contributed by atoms with Gasteiger partial charge in [0, 0.05) is 18.2 Å². The van der Waals surface area contributed by atoms with Crippen molar-refractivity contribution in [1.29, 1.82) is 0 Å². The normalized spacial score (nSPS) is 11.0. The van der Waals surface area contributed by atoms with Crippen LogP contribution in [0.25, 0.3) is 33.4 Å². The molecule has 7 heteroatoms. The minimum Gasteiger partial charge on any atom is -0.497 e. The molecule has 0 unspecified atom stereocenters. The number of aryl methyl sites for hydroxylation is 1. The summed E-state index contributed by atoms with van der Waals surface area (Å²) in [5.41, 5.74) is 4.53. The first-order chi connectivity index (χ1) is 15.1. The molecule has 31 heavy (non-hydrogen) atoms. The molecule has 2 aromatic heterocycles. The Morgan fingerprint density at radius 2 is 1.77 bits per heavy atom. The first-order valence-electron chi connectivity index (χ1n) is 9.90. The maximum atomic E-state index is 13.1. The van der Waals surface area contributed by atoms with Crippen LogP contribution >= 0.6 is 11.8 Å². The van der Waals surface area contributed by atoms with Gasteiger partial charge in [0.25, 0.3) is 0 Å². The molecule has 0 spiro atoms. The SMILES string of the molecule is CCOC(=O)c1c(SC)nc2c(c(-c3ccccc3)nn2C)c1-c1ccc(OC)cc1. The van der Waals surface area contributed by atoms with Gasteiger partial charge in [-0.05, 0) is 30.9 Å². The van der Waals surface area contributed by atoms with Crippen LogP contribution in [-0.4, -0.2) is 40.7 Å². The van der Waals surface area contributed by atoms with Crippen molar-refractivity contribution in [2.24, 2.45) is 7.05 Å². The third-order valence-corrected chi connectivity index (χ3v) is 5.72. The van der Waals surface area contributed by atoms with E-state index in [1.807, 2.05) is 67.9 Å². The van der Waals surface area contributed by atoms with Gasteiger partial charge >= 0.3 is 5.97 Å². The number of nitrogens with zero attached hydrogens (tertiary/aromatic N) is 3. The molecule has 4 aromatic rings. The molecule has 6 nitrogen and oxygen atoms in total. The quantitative estimate of drug-likeness (QED) is 0.307. The third-order valence-electron chi connectivity index (χ3n) is 5.04. The van der Waals surface area contributed by atoms with E-state index in [1.54, 1.807) is 18.7 Å². The van der Waals surface area contributed by atoms with Crippen molar-refractivity contribution >= 4 is 28.8 Å². The molecule has 0 aliphatic carbocycles. The molecular formula is C24H23N3O3S. The number of carbonyl (C=O) groups is 1. The smallest absolute Gasteiger partial charge is 0.341 e. The summed E-state index contributed by atoms with van der Waals surface area (Å²) in [5, 5.41) is 6.20. The van der Waals surface area contributed by atoms with Crippen LogP contribution < -0.4 is 4.74 Å². The van der Waals surface area contributed by atoms with Crippen molar-refractivity contribution in [1.82, 2.24) is 14.8 Å². The number of fused-ring (bicyclic) bond motifs is 1. The van der Waals surface area contributed by atoms with Crippen molar-refractivity contribution in [3.8, 4) is 28.1 Å². The number of hydrogen-bond acceptors (Lipinski definition) is 6. The second-order valence-corrected chi connectivity index (χ2v) is 7.65. The van der Waals surface area contributed by atoms with Crippen molar-refractivity contribution in [3.63, 3.8) is 0 Å². The number of methoxy groups -OCH3 is 1. The zero-order chi connectivity index (χ0) is 22.0. The first-order valence-corrected chi connectivity index (χ1v) is 11.1. The summed E-state index contributed by atoms with van der Waals surface area (Å²) in [5.74, 6) is 0.348. The predicted molar refractivity (Wildman–Crippen MR) is 124 cm³/mol. The zero-order valence-corrected chi connectivity index (χ0v) is 18.7. The molecule has 158 valence electrons. The lowest BCUT2D eigenvalue weighted by Crippen LogP contribution is -2.10. The van der Waals surface area contributed by atoms with Gasteiger partial charge in [0.1, 0.15) is 22.0 Å². The average Bonchev–Trinajstić information content (AvgIpc) is 3.14. The summed E-state index contributed by atoms with van der Waals surface area (Å²) in [6.07, 6.45) is 1.91. The predicted octanol–water partition coefficient (Wildman–Crippen LogP) is 5.21. The van der Waals surface area contributed by atoms with Crippen LogP contribution in [0.2, 0.25) is 0 Å². The lowest BCUT2D eigenvalue weighted by Gasteiger charge is -2.15. The van der Waals surface area contributed by atoms with Gasteiger partial charge in [0.15, 0.2) is 5.65 Å². The molecule has 0 aliphatic heterocycles. The highest BCUT2D eigenvalue weighted by atomic mass is 32.2. The number of aromatic nitrogens is 3. The fraction of sp³-hybridized carbons (Fsp3) is 0.208. The van der Waals surface area contributed by atoms with E-state index in [-0.39, 0.29) is 6.61 Å². The summed E-state index contributed by atoms with van der Waals surface area (Å²) in [7, 11) is 3.50. The van der Waals surface area contributed by atoms with Crippen LogP contribution in [0.1, 0.15) is 17.3 Å². The number of hydrogen-bond donors (Lipinski definition) is 0. The van der Waals surface area contributed by atoms with Crippen LogP contribution in [0.5, 0.6) is 5.75 Å². The van der Waals surface area contributed by atoms with Crippen molar-refractivity contribution in [2.75, 3.05) is 20.0 Å². The molecule has 4 rings (SSSR count). The van der Waals surface area contributed by atoms with Gasteiger partial charge in [-0.15, -0.1) is 11.8 Å². The van der Waals surface area contributed by atoms with E-state index in [2.05, 4.69) is 0 Å². The van der Waals surface area contributed by atoms with Crippen molar-refractivity contribution in [2.45, 2.75) is 11.9 Å². The zero-order valence-electron chi connectivity index (χ0n) is 17.9. The molecule has 2 heterocycles. The number of carbonyl (C=O) groups excluding carboxylic acids is 1. The summed E-state index contributed by atoms with van der Waals surface area (Å²) in [4.78, 5) is 17.9. The number of rotatable bonds is 6. The van der Waals surface area contributed by atoms with E-state index in [0.29, 0.717) is 16.2 Å². The van der Waals surface area contributed by atoms with E-state index in [4.69, 9.17) is 19.6 Å². The number of thioether (sulfide) groups is 1. The van der Waals surface area contributed by atoms with Crippen molar-refractivity contribution in [3.05, 3.63) is 60.2 Å². The minimum absolute atomic E-state index is 0.283. The second kappa shape index (κ2) is 8.81. The summed E-state index contributed by atoms with van der Waals surface area (Å²) >= 11 is 1.42. The van der Waals surface area contributed by atoms with Gasteiger partial charge in [-0.3, -0.25) is 0 Å². The summed E-state index contributed by atoms with van der Waals surface area (Å²) in [6.45, 7) is 2.08. The molecule has 2 aromatic carbocycles. The minimum atomic E-state index is -0.394. The monoisotopic (exact) mass is 433 g/mol. The molecule has 0 radical (unpaired) electrons. The Bertz CT molecular complexity index is 1230. The highest BCUT2D eigenvalue weighted by Gasteiger charge is 2.27. The highest BCUT2D eigenvalue weighted by molar-refractivity contribution is 7.98. The third kappa shape index (κ3) is 3.77. The number of ether oxygens (including phenoxy) is 2. The molecular weight excluding hydrogens is 410 g/mol. The van der Waals surface area contributed by atoms with Crippen molar-refractivity contribution < 1.29 is 14.3 Å². The van der Waals surface area contributed by atoms with Gasteiger partial charge in [0.2, 0.25) is 0 Å². The standard InChI is InChI=1S/C24H23N3O3S/c1-5-30-24(28)20-18(15-11-13-17(29-3)14-12-15)19-21(16-9-7-6-8-10-16)26-27(2)22(19)25-23(20)31-4/h6-14H,5H2,1-4H3. The lowest BCUT2D eigenvalue weighted by atomic mass is 9.95. The van der Waals surface area contributed by atoms with Gasteiger partial charge in [-0.25, -0.2) is 14.5 Å². The highest BCUT2D eigenvalue weighted by Crippen LogP contribution is 2.41. The van der Waals surface area contributed by atoms with E-state index >= 15 is 0 Å². The maximum absolute atomic E-state index is 13.1. The molecule has 0 N–H and O–H groups in total. The van der Waals surface area contributed by atoms with Gasteiger partial charge in [-0.2, -0.15) is 5.10 Å². The molecule has 0 bridgehead atoms. The summed E-state index contributed by atoms with van der Waals surface area (Å²) < 4.78 is 12.5. The van der Waals surface area contributed by atoms with Gasteiger partial charge < -0.3 is 9.47 Å². The first kappa shape index (κ1) is 20.9. The van der Waals surface area contributed by atoms with Crippen LogP contribution in [0, 0.1) is 0 Å². The summed E-state index contributed by atoms with van der Waals surface area (Å²) in [6, 6.07) is 17.6. The molecule has 0 saturated heterocycles. The van der Waals surface area contributed by atoms with Gasteiger partial charge in [-0.1, -0.05) is 42.5 Å². The fourth-order valence-electron chi connectivity index (χ4n) is 3.64. The average molecular weight is 434 g/mol. The van der Waals surface area contributed by atoms with E-state index in [1.165, 1.54) is 11.8 Å². The van der Waals surface area contributed by atoms with Crippen LogP contribution in [0.4, 0.5) is 0 Å². The van der Waals surface area contributed by atoms with Crippen LogP contribution in [0.3, 0.4) is 0 Å². The van der Waals surface area contributed by atoms with Gasteiger partial charge in [0.05, 0.1) is 19.1 Å². The molecule has 0 aliphatic rings. The topological polar surface area (TPSA) is 66.2 Å². The Morgan fingerprint density at radius 1 is 1.06 bits per heavy atom. The fourth-order valence-corrected chi connectivity index (χ4v) is 4.21.